The average Bonchev–Trinajstić information content (AvgIpc) is 2.63. The number of hydrogen-bond donors (Lipinski definition) is 1. The molecule has 0 aromatic heterocycles. The van der Waals surface area contributed by atoms with Crippen molar-refractivity contribution in [1.82, 2.24) is 5.32 Å². The van der Waals surface area contributed by atoms with Crippen LogP contribution < -0.4 is 10.1 Å². The molecule has 1 aliphatic rings. The van der Waals surface area contributed by atoms with Gasteiger partial charge in [0, 0.05) is 11.1 Å². The zero-order valence-electron chi connectivity index (χ0n) is 13.4. The van der Waals surface area contributed by atoms with Crippen LogP contribution in [0.1, 0.15) is 22.7 Å². The van der Waals surface area contributed by atoms with Gasteiger partial charge < -0.3 is 10.1 Å². The average molecular weight is 333 g/mol. The molecule has 124 valence electrons. The van der Waals surface area contributed by atoms with Gasteiger partial charge in [-0.05, 0) is 23.8 Å². The number of rotatable bonds is 3. The molecule has 0 saturated heterocycles. The molecule has 4 rings (SSSR count). The van der Waals surface area contributed by atoms with E-state index in [9.17, 15) is 9.18 Å². The molecule has 0 bridgehead atoms. The first-order valence-electron chi connectivity index (χ1n) is 8.11. The second-order valence-electron chi connectivity index (χ2n) is 5.95. The molecule has 3 aromatic rings. The highest BCUT2D eigenvalue weighted by atomic mass is 19.1. The Balaban J connectivity index is 1.64. The first-order chi connectivity index (χ1) is 12.2. The Kier molecular flexibility index (Phi) is 3.94. The quantitative estimate of drug-likeness (QED) is 0.772. The van der Waals surface area contributed by atoms with Crippen molar-refractivity contribution in [1.29, 1.82) is 0 Å². The number of benzene rings is 3. The summed E-state index contributed by atoms with van der Waals surface area (Å²) < 4.78 is 19.7. The maximum Gasteiger partial charge on any atom is 0.225 e. The van der Waals surface area contributed by atoms with Crippen molar-refractivity contribution in [2.45, 2.75) is 12.5 Å². The molecule has 0 unspecified atom stereocenters. The Bertz CT molecular complexity index is 893. The molecule has 1 heterocycles. The van der Waals surface area contributed by atoms with Crippen molar-refractivity contribution in [2.24, 2.45) is 0 Å². The summed E-state index contributed by atoms with van der Waals surface area (Å²) in [4.78, 5) is 12.5. The Morgan fingerprint density at radius 3 is 2.08 bits per heavy atom. The predicted octanol–water partition coefficient (Wildman–Crippen LogP) is 4.38. The van der Waals surface area contributed by atoms with Gasteiger partial charge in [0.25, 0.3) is 0 Å². The van der Waals surface area contributed by atoms with Gasteiger partial charge in [0.15, 0.2) is 0 Å². The molecule has 1 amide bonds. The van der Waals surface area contributed by atoms with E-state index in [1.54, 1.807) is 18.2 Å². The molecular formula is C21H16FNO2. The van der Waals surface area contributed by atoms with Crippen LogP contribution in [0, 0.1) is 5.82 Å². The van der Waals surface area contributed by atoms with Crippen LogP contribution in [0.4, 0.5) is 4.39 Å². The van der Waals surface area contributed by atoms with Crippen LogP contribution in [0.15, 0.2) is 72.8 Å². The smallest absolute Gasteiger partial charge is 0.225 e. The highest BCUT2D eigenvalue weighted by Gasteiger charge is 2.28. The maximum atomic E-state index is 13.8. The van der Waals surface area contributed by atoms with Crippen LogP contribution in [0.2, 0.25) is 0 Å². The molecule has 4 heteroatoms. The number of halogens is 1. The summed E-state index contributed by atoms with van der Waals surface area (Å²) in [5.74, 6) is 0.835. The van der Waals surface area contributed by atoms with Crippen LogP contribution in [-0.2, 0) is 11.2 Å². The highest BCUT2D eigenvalue weighted by molar-refractivity contribution is 5.80. The van der Waals surface area contributed by atoms with Crippen molar-refractivity contribution in [3.63, 3.8) is 0 Å². The number of nitrogens with one attached hydrogen (secondary N) is 1. The van der Waals surface area contributed by atoms with E-state index in [1.807, 2.05) is 48.5 Å². The summed E-state index contributed by atoms with van der Waals surface area (Å²) in [5, 5.41) is 3.02. The van der Waals surface area contributed by atoms with Gasteiger partial charge in [0.2, 0.25) is 5.91 Å². The Morgan fingerprint density at radius 1 is 0.880 bits per heavy atom. The van der Waals surface area contributed by atoms with Gasteiger partial charge in [-0.1, -0.05) is 54.6 Å². The SMILES string of the molecule is O=C(Cc1ccccc1F)NC1c2ccccc2Oc2ccccc21. The van der Waals surface area contributed by atoms with Gasteiger partial charge in [-0.3, -0.25) is 4.79 Å². The van der Waals surface area contributed by atoms with Crippen molar-refractivity contribution in [2.75, 3.05) is 0 Å². The van der Waals surface area contributed by atoms with E-state index in [2.05, 4.69) is 5.32 Å². The molecule has 0 aliphatic carbocycles. The lowest BCUT2D eigenvalue weighted by Gasteiger charge is -2.28. The van der Waals surface area contributed by atoms with Crippen molar-refractivity contribution in [3.8, 4) is 11.5 Å². The first-order valence-corrected chi connectivity index (χ1v) is 8.11. The normalized spacial score (nSPS) is 12.7. The Labute approximate surface area is 145 Å². The maximum absolute atomic E-state index is 13.8. The van der Waals surface area contributed by atoms with Gasteiger partial charge >= 0.3 is 0 Å². The van der Waals surface area contributed by atoms with Crippen molar-refractivity contribution >= 4 is 5.91 Å². The van der Waals surface area contributed by atoms with Gasteiger partial charge in [-0.15, -0.1) is 0 Å². The Hall–Kier alpha value is -3.14. The summed E-state index contributed by atoms with van der Waals surface area (Å²) in [6.45, 7) is 0. The highest BCUT2D eigenvalue weighted by Crippen LogP contribution is 2.42. The van der Waals surface area contributed by atoms with Crippen LogP contribution in [0.25, 0.3) is 0 Å². The number of carbonyl (C=O) groups is 1. The first kappa shape index (κ1) is 15.4. The number of carbonyl (C=O) groups excluding carboxylic acids is 1. The van der Waals surface area contributed by atoms with E-state index < -0.39 is 0 Å². The third-order valence-corrected chi connectivity index (χ3v) is 4.29. The molecule has 3 aromatic carbocycles. The summed E-state index contributed by atoms with van der Waals surface area (Å²) in [6, 6.07) is 21.2. The lowest BCUT2D eigenvalue weighted by atomic mass is 9.94. The van der Waals surface area contributed by atoms with Crippen LogP contribution in [-0.4, -0.2) is 5.91 Å². The van der Waals surface area contributed by atoms with Crippen molar-refractivity contribution < 1.29 is 13.9 Å². The van der Waals surface area contributed by atoms with Crippen LogP contribution in [0.3, 0.4) is 0 Å². The number of amides is 1. The van der Waals surface area contributed by atoms with Gasteiger partial charge in [-0.2, -0.15) is 0 Å². The summed E-state index contributed by atoms with van der Waals surface area (Å²) in [7, 11) is 0. The van der Waals surface area contributed by atoms with Gasteiger partial charge in [-0.25, -0.2) is 4.39 Å². The molecule has 25 heavy (non-hydrogen) atoms. The standard InChI is InChI=1S/C21H16FNO2/c22-17-10-4-1-7-14(17)13-20(24)23-21-15-8-2-5-11-18(15)25-19-12-6-3-9-16(19)21/h1-12,21H,13H2,(H,23,24). The molecule has 0 saturated carbocycles. The van der Waals surface area contributed by atoms with E-state index in [0.717, 1.165) is 22.6 Å². The number of ether oxygens (including phenoxy) is 1. The van der Waals surface area contributed by atoms with Crippen LogP contribution in [0.5, 0.6) is 11.5 Å². The zero-order chi connectivity index (χ0) is 17.2. The minimum atomic E-state index is -0.370. The minimum Gasteiger partial charge on any atom is -0.457 e. The van der Waals surface area contributed by atoms with Crippen molar-refractivity contribution in [3.05, 3.63) is 95.3 Å². The minimum absolute atomic E-state index is 0.00559. The van der Waals surface area contributed by atoms with E-state index in [0.29, 0.717) is 5.56 Å². The molecule has 1 N–H and O–H groups in total. The Morgan fingerprint density at radius 2 is 1.44 bits per heavy atom. The third kappa shape index (κ3) is 2.98. The molecule has 0 atom stereocenters. The van der Waals surface area contributed by atoms with E-state index in [1.165, 1.54) is 6.07 Å². The van der Waals surface area contributed by atoms with E-state index in [-0.39, 0.29) is 24.2 Å². The largest absolute Gasteiger partial charge is 0.457 e. The second kappa shape index (κ2) is 6.40. The number of para-hydroxylation sites is 2. The molecule has 1 aliphatic heterocycles. The fourth-order valence-corrected chi connectivity index (χ4v) is 3.09. The fourth-order valence-electron chi connectivity index (χ4n) is 3.09. The zero-order valence-corrected chi connectivity index (χ0v) is 13.4. The molecule has 0 radical (unpaired) electrons. The second-order valence-corrected chi connectivity index (χ2v) is 5.95. The number of fused-ring (bicyclic) bond motifs is 2. The lowest BCUT2D eigenvalue weighted by Crippen LogP contribution is -2.32. The number of hydrogen-bond acceptors (Lipinski definition) is 2. The van der Waals surface area contributed by atoms with E-state index >= 15 is 0 Å². The van der Waals surface area contributed by atoms with Gasteiger partial charge in [0.1, 0.15) is 17.3 Å². The monoisotopic (exact) mass is 333 g/mol. The molecular weight excluding hydrogens is 317 g/mol. The summed E-state index contributed by atoms with van der Waals surface area (Å²) in [6.07, 6.45) is -0.00559. The van der Waals surface area contributed by atoms with Crippen LogP contribution >= 0.6 is 0 Å². The summed E-state index contributed by atoms with van der Waals surface area (Å²) >= 11 is 0. The predicted molar refractivity (Wildman–Crippen MR) is 93.0 cm³/mol. The topological polar surface area (TPSA) is 38.3 Å². The summed E-state index contributed by atoms with van der Waals surface area (Å²) in [5.41, 5.74) is 2.17. The van der Waals surface area contributed by atoms with E-state index in [4.69, 9.17) is 4.74 Å². The lowest BCUT2D eigenvalue weighted by molar-refractivity contribution is -0.121. The fraction of sp³-hybridized carbons (Fsp3) is 0.0952. The molecule has 3 nitrogen and oxygen atoms in total. The molecule has 0 spiro atoms. The van der Waals surface area contributed by atoms with Gasteiger partial charge in [0.05, 0.1) is 12.5 Å². The molecule has 0 fully saturated rings. The third-order valence-electron chi connectivity index (χ3n) is 4.29.